The maximum Gasteiger partial charge on any atom is 0.344 e. The third kappa shape index (κ3) is 9.98. The molecule has 0 spiro atoms. The van der Waals surface area contributed by atoms with Gasteiger partial charge in [-0.1, -0.05) is 74.4 Å². The molecule has 0 aliphatic carbocycles. The van der Waals surface area contributed by atoms with Gasteiger partial charge in [0.15, 0.2) is 6.61 Å². The third-order valence-electron chi connectivity index (χ3n) is 4.49. The molecule has 3 nitrogen and oxygen atoms in total. The number of hydrogen-bond donors (Lipinski definition) is 0. The minimum Gasteiger partial charge on any atom is -0.481 e. The van der Waals surface area contributed by atoms with Crippen LogP contribution < -0.4 is 4.74 Å². The van der Waals surface area contributed by atoms with Crippen molar-refractivity contribution < 1.29 is 14.3 Å². The highest BCUT2D eigenvalue weighted by Crippen LogP contribution is 2.24. The molecule has 1 atom stereocenters. The van der Waals surface area contributed by atoms with Crippen molar-refractivity contribution in [3.8, 4) is 5.75 Å². The molecule has 0 heterocycles. The predicted octanol–water partition coefficient (Wildman–Crippen LogP) is 6.64. The van der Waals surface area contributed by atoms with Gasteiger partial charge in [-0.15, -0.1) is 0 Å². The van der Waals surface area contributed by atoms with Gasteiger partial charge in [0.1, 0.15) is 5.75 Å². The number of ether oxygens (including phenoxy) is 2. The molecule has 0 saturated heterocycles. The Morgan fingerprint density at radius 3 is 2.31 bits per heavy atom. The van der Waals surface area contributed by atoms with Crippen molar-refractivity contribution in [3.63, 3.8) is 0 Å². The Bertz CT molecular complexity index is 759. The van der Waals surface area contributed by atoms with Crippen molar-refractivity contribution in [1.82, 2.24) is 0 Å². The van der Waals surface area contributed by atoms with Gasteiger partial charge in [0.2, 0.25) is 0 Å². The molecule has 0 amide bonds. The molecule has 2 aromatic carbocycles. The summed E-state index contributed by atoms with van der Waals surface area (Å²) in [5, 5.41) is 0. The van der Waals surface area contributed by atoms with Crippen molar-refractivity contribution in [3.05, 3.63) is 70.8 Å². The molecule has 0 radical (unpaired) electrons. The monoisotopic (exact) mass is 396 g/mol. The minimum absolute atomic E-state index is 0.0547. The van der Waals surface area contributed by atoms with Gasteiger partial charge >= 0.3 is 5.97 Å². The van der Waals surface area contributed by atoms with Crippen molar-refractivity contribution >= 4 is 12.0 Å². The molecule has 0 aliphatic heterocycles. The highest BCUT2D eigenvalue weighted by Gasteiger charge is 2.08. The first kappa shape index (κ1) is 24.5. The number of carbonyl (C=O) groups is 1. The van der Waals surface area contributed by atoms with E-state index in [1.165, 1.54) is 24.0 Å². The Morgan fingerprint density at radius 2 is 1.72 bits per heavy atom. The second kappa shape index (κ2) is 13.6. The molecular weight excluding hydrogens is 360 g/mol. The lowest BCUT2D eigenvalue weighted by atomic mass is 9.99. The number of rotatable bonds is 8. The first-order chi connectivity index (χ1) is 13.9. The van der Waals surface area contributed by atoms with Crippen molar-refractivity contribution in [2.24, 2.45) is 5.92 Å². The van der Waals surface area contributed by atoms with Crippen LogP contribution in [-0.2, 0) is 16.0 Å². The fourth-order valence-electron chi connectivity index (χ4n) is 2.75. The lowest BCUT2D eigenvalue weighted by molar-refractivity contribution is -0.145. The van der Waals surface area contributed by atoms with Gasteiger partial charge in [0, 0.05) is 5.56 Å². The Morgan fingerprint density at radius 1 is 1.03 bits per heavy atom. The molecule has 158 valence electrons. The van der Waals surface area contributed by atoms with Crippen molar-refractivity contribution in [1.29, 1.82) is 0 Å². The molecule has 0 fully saturated rings. The molecule has 0 aromatic heterocycles. The number of allylic oxidation sites excluding steroid dienone is 1. The summed E-state index contributed by atoms with van der Waals surface area (Å²) in [6.07, 6.45) is 4.54. The van der Waals surface area contributed by atoms with Gasteiger partial charge < -0.3 is 9.47 Å². The number of benzene rings is 2. The molecule has 2 aromatic rings. The van der Waals surface area contributed by atoms with E-state index < -0.39 is 0 Å². The highest BCUT2D eigenvalue weighted by atomic mass is 16.6. The average Bonchev–Trinajstić information content (AvgIpc) is 2.69. The Labute approximate surface area is 176 Å². The Hall–Kier alpha value is -2.55. The summed E-state index contributed by atoms with van der Waals surface area (Å²) in [4.78, 5) is 11.3. The normalized spacial score (nSPS) is 11.0. The summed E-state index contributed by atoms with van der Waals surface area (Å²) >= 11 is 0. The summed E-state index contributed by atoms with van der Waals surface area (Å²) in [6, 6.07) is 16.5. The van der Waals surface area contributed by atoms with Gasteiger partial charge in [-0.3, -0.25) is 0 Å². The van der Waals surface area contributed by atoms with Crippen LogP contribution in [0, 0.1) is 12.8 Å². The van der Waals surface area contributed by atoms with Gasteiger partial charge in [0.05, 0.1) is 6.61 Å². The van der Waals surface area contributed by atoms with E-state index in [1.807, 2.05) is 39.0 Å². The van der Waals surface area contributed by atoms with Crippen LogP contribution >= 0.6 is 0 Å². The standard InChI is InChI=1S/C15H20O3.C11H16/c1-5-17-15(16)10-18-14-8-6-7-12(4)13(14)9-11(2)3;1-3-10(2)9-11-7-5-4-6-8-11/h6-9H,5,10H2,1-4H3;4-8,10H,3,9H2,1-2H3. The molecular formula is C26H36O3. The van der Waals surface area contributed by atoms with Gasteiger partial charge in [-0.2, -0.15) is 0 Å². The molecule has 29 heavy (non-hydrogen) atoms. The number of hydrogen-bond acceptors (Lipinski definition) is 3. The van der Waals surface area contributed by atoms with E-state index in [9.17, 15) is 4.79 Å². The topological polar surface area (TPSA) is 35.5 Å². The fraction of sp³-hybridized carbons (Fsp3) is 0.423. The maximum atomic E-state index is 11.3. The van der Waals surface area contributed by atoms with Crippen LogP contribution in [0.5, 0.6) is 5.75 Å². The Balaban J connectivity index is 0.000000326. The number of esters is 1. The first-order valence-electron chi connectivity index (χ1n) is 10.4. The van der Waals surface area contributed by atoms with E-state index in [-0.39, 0.29) is 12.6 Å². The van der Waals surface area contributed by atoms with Crippen LogP contribution in [0.25, 0.3) is 6.08 Å². The van der Waals surface area contributed by atoms with Crippen molar-refractivity contribution in [2.75, 3.05) is 13.2 Å². The second-order valence-corrected chi connectivity index (χ2v) is 7.51. The highest BCUT2D eigenvalue weighted by molar-refractivity contribution is 5.71. The summed E-state index contributed by atoms with van der Waals surface area (Å²) < 4.78 is 10.3. The summed E-state index contributed by atoms with van der Waals surface area (Å²) in [7, 11) is 0. The summed E-state index contributed by atoms with van der Waals surface area (Å²) in [6.45, 7) is 12.7. The molecule has 2 rings (SSSR count). The van der Waals surface area contributed by atoms with Crippen LogP contribution in [0.3, 0.4) is 0 Å². The molecule has 0 saturated carbocycles. The lowest BCUT2D eigenvalue weighted by Crippen LogP contribution is -2.15. The van der Waals surface area contributed by atoms with Crippen LogP contribution in [0.4, 0.5) is 0 Å². The third-order valence-corrected chi connectivity index (χ3v) is 4.49. The molecule has 3 heteroatoms. The molecule has 1 unspecified atom stereocenters. The smallest absolute Gasteiger partial charge is 0.344 e. The fourth-order valence-corrected chi connectivity index (χ4v) is 2.75. The van der Waals surface area contributed by atoms with E-state index in [4.69, 9.17) is 9.47 Å². The van der Waals surface area contributed by atoms with Gasteiger partial charge in [0.25, 0.3) is 0 Å². The zero-order valence-corrected chi connectivity index (χ0v) is 18.8. The van der Waals surface area contributed by atoms with E-state index in [0.29, 0.717) is 12.4 Å². The maximum absolute atomic E-state index is 11.3. The summed E-state index contributed by atoms with van der Waals surface area (Å²) in [5.74, 6) is 1.18. The SMILES string of the molecule is CCC(C)Cc1ccccc1.CCOC(=O)COc1cccc(C)c1C=C(C)C. The van der Waals surface area contributed by atoms with Crippen molar-refractivity contribution in [2.45, 2.75) is 54.4 Å². The van der Waals surface area contributed by atoms with Crippen LogP contribution in [0.2, 0.25) is 0 Å². The average molecular weight is 397 g/mol. The quantitative estimate of drug-likeness (QED) is 0.469. The van der Waals surface area contributed by atoms with Gasteiger partial charge in [-0.05, 0) is 57.2 Å². The van der Waals surface area contributed by atoms with E-state index >= 15 is 0 Å². The second-order valence-electron chi connectivity index (χ2n) is 7.51. The largest absolute Gasteiger partial charge is 0.481 e. The Kier molecular flexibility index (Phi) is 11.5. The van der Waals surface area contributed by atoms with Crippen LogP contribution in [-0.4, -0.2) is 19.2 Å². The first-order valence-corrected chi connectivity index (χ1v) is 10.4. The molecule has 0 aliphatic rings. The van der Waals surface area contributed by atoms with E-state index in [2.05, 4.69) is 50.3 Å². The lowest BCUT2D eigenvalue weighted by Gasteiger charge is -2.11. The zero-order valence-electron chi connectivity index (χ0n) is 18.8. The minimum atomic E-state index is -0.345. The predicted molar refractivity (Wildman–Crippen MR) is 122 cm³/mol. The van der Waals surface area contributed by atoms with E-state index in [1.54, 1.807) is 6.92 Å². The van der Waals surface area contributed by atoms with Gasteiger partial charge in [-0.25, -0.2) is 4.79 Å². The van der Waals surface area contributed by atoms with E-state index in [0.717, 1.165) is 17.0 Å². The van der Waals surface area contributed by atoms with Crippen LogP contribution in [0.1, 0.15) is 57.7 Å². The molecule has 0 N–H and O–H groups in total. The zero-order chi connectivity index (χ0) is 21.6. The summed E-state index contributed by atoms with van der Waals surface area (Å²) in [5.41, 5.74) is 4.78. The number of carbonyl (C=O) groups excluding carboxylic acids is 1. The van der Waals surface area contributed by atoms with Crippen LogP contribution in [0.15, 0.2) is 54.1 Å². The number of aryl methyl sites for hydroxylation is 1. The molecule has 0 bridgehead atoms.